The molecule has 0 aliphatic rings. The van der Waals surface area contributed by atoms with E-state index in [-0.39, 0.29) is 0 Å². The molecule has 0 aliphatic carbocycles. The Morgan fingerprint density at radius 2 is 1.74 bits per heavy atom. The van der Waals surface area contributed by atoms with Crippen molar-refractivity contribution in [2.24, 2.45) is 0 Å². The molecule has 0 aliphatic heterocycles. The molecule has 5 heteroatoms. The fourth-order valence-corrected chi connectivity index (χ4v) is 4.22. The van der Waals surface area contributed by atoms with Crippen molar-refractivity contribution in [2.75, 3.05) is 12.4 Å². The lowest BCUT2D eigenvalue weighted by atomic mass is 10.2. The topological polar surface area (TPSA) is 21.3 Å². The fraction of sp³-hybridized carbons (Fsp3) is 0.143. The summed E-state index contributed by atoms with van der Waals surface area (Å²) >= 11 is 10.6. The van der Waals surface area contributed by atoms with Crippen LogP contribution in [-0.2, 0) is 6.54 Å². The quantitative estimate of drug-likeness (QED) is 0.656. The SMILES string of the molecule is COc1cccc(CNc2c(Br)cc(Br)cc2Br)c1. The Hall–Kier alpha value is -0.520. The molecule has 0 spiro atoms. The molecule has 2 aromatic rings. The molecule has 0 unspecified atom stereocenters. The maximum atomic E-state index is 5.22. The van der Waals surface area contributed by atoms with Gasteiger partial charge in [0.1, 0.15) is 5.75 Å². The Labute approximate surface area is 137 Å². The van der Waals surface area contributed by atoms with E-state index in [4.69, 9.17) is 4.74 Å². The molecule has 0 aromatic heterocycles. The molecule has 0 bridgehead atoms. The minimum Gasteiger partial charge on any atom is -0.497 e. The number of methoxy groups -OCH3 is 1. The van der Waals surface area contributed by atoms with Gasteiger partial charge in [0.05, 0.1) is 12.8 Å². The van der Waals surface area contributed by atoms with Crippen molar-refractivity contribution in [1.29, 1.82) is 0 Å². The van der Waals surface area contributed by atoms with Crippen LogP contribution < -0.4 is 10.1 Å². The molecule has 100 valence electrons. The van der Waals surface area contributed by atoms with E-state index in [1.807, 2.05) is 30.3 Å². The first-order valence-corrected chi connectivity index (χ1v) is 7.99. The number of halogens is 3. The number of ether oxygens (including phenoxy) is 1. The van der Waals surface area contributed by atoms with E-state index in [9.17, 15) is 0 Å². The zero-order valence-corrected chi connectivity index (χ0v) is 15.0. The van der Waals surface area contributed by atoms with Crippen LogP contribution in [0, 0.1) is 0 Å². The van der Waals surface area contributed by atoms with Gasteiger partial charge < -0.3 is 10.1 Å². The molecule has 0 heterocycles. The van der Waals surface area contributed by atoms with Gasteiger partial charge in [0, 0.05) is 20.0 Å². The summed E-state index contributed by atoms with van der Waals surface area (Å²) < 4.78 is 8.27. The van der Waals surface area contributed by atoms with E-state index < -0.39 is 0 Å². The molecule has 19 heavy (non-hydrogen) atoms. The van der Waals surface area contributed by atoms with E-state index >= 15 is 0 Å². The van der Waals surface area contributed by atoms with Gasteiger partial charge in [-0.25, -0.2) is 0 Å². The van der Waals surface area contributed by atoms with Crippen LogP contribution in [0.1, 0.15) is 5.56 Å². The van der Waals surface area contributed by atoms with Crippen molar-refractivity contribution in [2.45, 2.75) is 6.54 Å². The van der Waals surface area contributed by atoms with Crippen molar-refractivity contribution in [3.63, 3.8) is 0 Å². The second-order valence-electron chi connectivity index (χ2n) is 3.95. The molecule has 2 nitrogen and oxygen atoms in total. The zero-order valence-electron chi connectivity index (χ0n) is 10.2. The molecule has 0 amide bonds. The first kappa shape index (κ1) is 14.9. The summed E-state index contributed by atoms with van der Waals surface area (Å²) in [4.78, 5) is 0. The van der Waals surface area contributed by atoms with Crippen molar-refractivity contribution in [3.8, 4) is 5.75 Å². The highest BCUT2D eigenvalue weighted by Gasteiger charge is 2.06. The Morgan fingerprint density at radius 3 is 2.37 bits per heavy atom. The third-order valence-corrected chi connectivity index (χ3v) is 4.32. The monoisotopic (exact) mass is 447 g/mol. The summed E-state index contributed by atoms with van der Waals surface area (Å²) in [7, 11) is 1.68. The zero-order chi connectivity index (χ0) is 13.8. The second-order valence-corrected chi connectivity index (χ2v) is 6.57. The smallest absolute Gasteiger partial charge is 0.119 e. The van der Waals surface area contributed by atoms with Crippen LogP contribution in [0.5, 0.6) is 5.75 Å². The highest BCUT2D eigenvalue weighted by molar-refractivity contribution is 9.11. The maximum Gasteiger partial charge on any atom is 0.119 e. The van der Waals surface area contributed by atoms with Crippen LogP contribution in [0.15, 0.2) is 49.8 Å². The van der Waals surface area contributed by atoms with E-state index in [0.29, 0.717) is 0 Å². The number of nitrogens with one attached hydrogen (secondary N) is 1. The van der Waals surface area contributed by atoms with Crippen LogP contribution in [-0.4, -0.2) is 7.11 Å². The second kappa shape index (κ2) is 6.77. The fourth-order valence-electron chi connectivity index (χ4n) is 1.68. The predicted molar refractivity (Wildman–Crippen MR) is 89.9 cm³/mol. The molecule has 0 radical (unpaired) electrons. The van der Waals surface area contributed by atoms with Crippen LogP contribution in [0.3, 0.4) is 0 Å². The minimum atomic E-state index is 0.732. The maximum absolute atomic E-state index is 5.22. The molecule has 2 rings (SSSR count). The first-order chi connectivity index (χ1) is 9.10. The lowest BCUT2D eigenvalue weighted by Gasteiger charge is -2.12. The molecule has 0 atom stereocenters. The van der Waals surface area contributed by atoms with Crippen molar-refractivity contribution in [1.82, 2.24) is 0 Å². The molecule has 2 aromatic carbocycles. The van der Waals surface area contributed by atoms with Crippen LogP contribution >= 0.6 is 47.8 Å². The molecule has 0 saturated heterocycles. The van der Waals surface area contributed by atoms with E-state index in [1.165, 1.54) is 5.56 Å². The Balaban J connectivity index is 2.14. The number of anilines is 1. The van der Waals surface area contributed by atoms with Gasteiger partial charge in [-0.05, 0) is 61.7 Å². The molecule has 0 fully saturated rings. The first-order valence-electron chi connectivity index (χ1n) is 5.61. The van der Waals surface area contributed by atoms with Gasteiger partial charge in [-0.1, -0.05) is 28.1 Å². The highest BCUT2D eigenvalue weighted by Crippen LogP contribution is 2.34. The third kappa shape index (κ3) is 3.97. The number of hydrogen-bond acceptors (Lipinski definition) is 2. The molecular formula is C14H12Br3NO. The van der Waals surface area contributed by atoms with Gasteiger partial charge in [-0.3, -0.25) is 0 Å². The predicted octanol–water partition coefficient (Wildman–Crippen LogP) is 5.59. The summed E-state index contributed by atoms with van der Waals surface area (Å²) in [6, 6.07) is 12.0. The minimum absolute atomic E-state index is 0.732. The Morgan fingerprint density at radius 1 is 1.05 bits per heavy atom. The van der Waals surface area contributed by atoms with E-state index in [0.717, 1.165) is 31.4 Å². The van der Waals surface area contributed by atoms with Gasteiger partial charge in [0.2, 0.25) is 0 Å². The van der Waals surface area contributed by atoms with Crippen LogP contribution in [0.25, 0.3) is 0 Å². The lowest BCUT2D eigenvalue weighted by Crippen LogP contribution is -2.01. The Bertz CT molecular complexity index is 564. The summed E-state index contributed by atoms with van der Waals surface area (Å²) in [6.07, 6.45) is 0. The van der Waals surface area contributed by atoms with E-state index in [1.54, 1.807) is 7.11 Å². The van der Waals surface area contributed by atoms with Crippen molar-refractivity contribution >= 4 is 53.5 Å². The van der Waals surface area contributed by atoms with Crippen molar-refractivity contribution in [3.05, 3.63) is 55.4 Å². The number of rotatable bonds is 4. The summed E-state index contributed by atoms with van der Waals surface area (Å²) in [6.45, 7) is 0.732. The Kier molecular flexibility index (Phi) is 5.30. The average Bonchev–Trinajstić information content (AvgIpc) is 2.37. The van der Waals surface area contributed by atoms with Gasteiger partial charge in [-0.15, -0.1) is 0 Å². The van der Waals surface area contributed by atoms with Crippen LogP contribution in [0.4, 0.5) is 5.69 Å². The third-order valence-electron chi connectivity index (χ3n) is 2.61. The normalized spacial score (nSPS) is 10.3. The molecular weight excluding hydrogens is 438 g/mol. The summed E-state index contributed by atoms with van der Waals surface area (Å²) in [5.74, 6) is 0.869. The highest BCUT2D eigenvalue weighted by atomic mass is 79.9. The van der Waals surface area contributed by atoms with Crippen molar-refractivity contribution < 1.29 is 4.74 Å². The number of benzene rings is 2. The average molecular weight is 450 g/mol. The molecule has 0 saturated carbocycles. The summed E-state index contributed by atoms with van der Waals surface area (Å²) in [5, 5.41) is 3.41. The summed E-state index contributed by atoms with van der Waals surface area (Å²) in [5.41, 5.74) is 2.20. The van der Waals surface area contributed by atoms with Gasteiger partial charge in [0.25, 0.3) is 0 Å². The molecule has 1 N–H and O–H groups in total. The van der Waals surface area contributed by atoms with Crippen LogP contribution in [0.2, 0.25) is 0 Å². The van der Waals surface area contributed by atoms with E-state index in [2.05, 4.69) is 59.2 Å². The van der Waals surface area contributed by atoms with Gasteiger partial charge in [-0.2, -0.15) is 0 Å². The largest absolute Gasteiger partial charge is 0.497 e. The standard InChI is InChI=1S/C14H12Br3NO/c1-19-11-4-2-3-9(5-11)8-18-14-12(16)6-10(15)7-13(14)17/h2-7,18H,8H2,1H3. The lowest BCUT2D eigenvalue weighted by molar-refractivity contribution is 0.414. The van der Waals surface area contributed by atoms with Gasteiger partial charge >= 0.3 is 0 Å². The number of hydrogen-bond donors (Lipinski definition) is 1. The van der Waals surface area contributed by atoms with Gasteiger partial charge in [0.15, 0.2) is 0 Å².